The zero-order valence-electron chi connectivity index (χ0n) is 10.8. The second-order valence-electron chi connectivity index (χ2n) is 5.19. The van der Waals surface area contributed by atoms with Crippen LogP contribution in [0, 0.1) is 0 Å². The molecule has 3 N–H and O–H groups in total. The van der Waals surface area contributed by atoms with E-state index in [1.165, 1.54) is 14.6 Å². The Hall–Kier alpha value is -1.46. The van der Waals surface area contributed by atoms with Crippen LogP contribution in [0.2, 0.25) is 0 Å². The molecule has 1 aliphatic rings. The number of nitrogens with two attached hydrogens (primary N) is 1. The maximum absolute atomic E-state index is 10.9. The summed E-state index contributed by atoms with van der Waals surface area (Å²) in [6.07, 6.45) is 2.20. The minimum absolute atomic E-state index is 0.201. The highest BCUT2D eigenvalue weighted by Gasteiger charge is 2.26. The Morgan fingerprint density at radius 1 is 1.37 bits per heavy atom. The number of fused-ring (bicyclic) bond motifs is 1. The molecule has 1 aromatic heterocycles. The fourth-order valence-corrected chi connectivity index (χ4v) is 3.90. The summed E-state index contributed by atoms with van der Waals surface area (Å²) in [4.78, 5) is 17.0. The van der Waals surface area contributed by atoms with Crippen LogP contribution in [0.4, 0.5) is 0 Å². The van der Waals surface area contributed by atoms with Crippen molar-refractivity contribution < 1.29 is 9.69 Å². The summed E-state index contributed by atoms with van der Waals surface area (Å²) in [5, 5.41) is 1.25. The number of carbonyl (C=O) groups excluding carboxylic acids is 1. The summed E-state index contributed by atoms with van der Waals surface area (Å²) in [6.45, 7) is 2.50. The maximum Gasteiger partial charge on any atom is 0.272 e. The van der Waals surface area contributed by atoms with Crippen molar-refractivity contribution in [2.45, 2.75) is 18.8 Å². The number of quaternary nitrogens is 1. The lowest BCUT2D eigenvalue weighted by Gasteiger charge is -2.27. The first-order chi connectivity index (χ1) is 9.22. The zero-order valence-corrected chi connectivity index (χ0v) is 11.6. The molecular formula is C14H18N3OS+. The predicted molar refractivity (Wildman–Crippen MR) is 76.4 cm³/mol. The summed E-state index contributed by atoms with van der Waals surface area (Å²) >= 11 is 1.81. The van der Waals surface area contributed by atoms with E-state index < -0.39 is 0 Å². The van der Waals surface area contributed by atoms with Gasteiger partial charge in [-0.15, -0.1) is 11.3 Å². The molecule has 19 heavy (non-hydrogen) atoms. The average molecular weight is 276 g/mol. The number of thiazole rings is 1. The van der Waals surface area contributed by atoms with E-state index in [1.54, 1.807) is 11.3 Å². The number of benzene rings is 1. The standard InChI is InChI=1S/C14H17N3OS/c15-13(18)9-17-7-5-10(6-8-17)14-16-11-3-1-2-4-12(11)19-14/h1-4,10H,5-9H2,(H2,15,18)/p+1. The van der Waals surface area contributed by atoms with Crippen molar-refractivity contribution in [2.75, 3.05) is 19.6 Å². The highest BCUT2D eigenvalue weighted by molar-refractivity contribution is 7.18. The summed E-state index contributed by atoms with van der Waals surface area (Å²) in [6, 6.07) is 8.29. The molecule has 2 heterocycles. The quantitative estimate of drug-likeness (QED) is 0.860. The highest BCUT2D eigenvalue weighted by atomic mass is 32.1. The molecule has 100 valence electrons. The lowest BCUT2D eigenvalue weighted by Crippen LogP contribution is -3.14. The van der Waals surface area contributed by atoms with Crippen molar-refractivity contribution >= 4 is 27.5 Å². The van der Waals surface area contributed by atoms with Crippen LogP contribution in [0.15, 0.2) is 24.3 Å². The van der Waals surface area contributed by atoms with Crippen molar-refractivity contribution in [3.05, 3.63) is 29.3 Å². The largest absolute Gasteiger partial charge is 0.365 e. The van der Waals surface area contributed by atoms with Crippen LogP contribution < -0.4 is 10.6 Å². The monoisotopic (exact) mass is 276 g/mol. The smallest absolute Gasteiger partial charge is 0.272 e. The molecule has 0 spiro atoms. The number of piperidine rings is 1. The summed E-state index contributed by atoms with van der Waals surface area (Å²) in [5.41, 5.74) is 6.36. The van der Waals surface area contributed by atoms with Crippen molar-refractivity contribution in [1.29, 1.82) is 0 Å². The number of amides is 1. The molecule has 0 aliphatic carbocycles. The molecule has 2 aromatic rings. The number of carbonyl (C=O) groups is 1. The number of nitrogens with one attached hydrogen (secondary N) is 1. The van der Waals surface area contributed by atoms with Gasteiger partial charge in [0.15, 0.2) is 6.54 Å². The van der Waals surface area contributed by atoms with E-state index in [2.05, 4.69) is 18.2 Å². The molecule has 1 aliphatic heterocycles. The van der Waals surface area contributed by atoms with Gasteiger partial charge in [-0.3, -0.25) is 4.79 Å². The number of aromatic nitrogens is 1. The number of rotatable bonds is 3. The van der Waals surface area contributed by atoms with E-state index in [0.717, 1.165) is 31.4 Å². The minimum atomic E-state index is -0.201. The van der Waals surface area contributed by atoms with Crippen LogP contribution in [0.25, 0.3) is 10.2 Å². The van der Waals surface area contributed by atoms with Gasteiger partial charge in [0.2, 0.25) is 0 Å². The number of likely N-dealkylation sites (tertiary alicyclic amines) is 1. The first-order valence-electron chi connectivity index (χ1n) is 6.69. The third kappa shape index (κ3) is 2.77. The van der Waals surface area contributed by atoms with E-state index >= 15 is 0 Å². The Kier molecular flexibility index (Phi) is 3.48. The fourth-order valence-electron chi connectivity index (χ4n) is 2.76. The molecule has 1 aromatic carbocycles. The van der Waals surface area contributed by atoms with Crippen molar-refractivity contribution in [1.82, 2.24) is 4.98 Å². The average Bonchev–Trinajstić information content (AvgIpc) is 2.82. The van der Waals surface area contributed by atoms with Gasteiger partial charge in [0.25, 0.3) is 5.91 Å². The normalized spacial score (nSPS) is 23.6. The van der Waals surface area contributed by atoms with E-state index in [0.29, 0.717) is 12.5 Å². The third-order valence-corrected chi connectivity index (χ3v) is 4.98. The molecular weight excluding hydrogens is 258 g/mol. The first-order valence-corrected chi connectivity index (χ1v) is 7.51. The van der Waals surface area contributed by atoms with Gasteiger partial charge in [-0.1, -0.05) is 12.1 Å². The van der Waals surface area contributed by atoms with Crippen LogP contribution in [0.5, 0.6) is 0 Å². The number of para-hydroxylation sites is 1. The van der Waals surface area contributed by atoms with Gasteiger partial charge in [-0.05, 0) is 12.1 Å². The predicted octanol–water partition coefficient (Wildman–Crippen LogP) is 0.544. The zero-order chi connectivity index (χ0) is 13.2. The molecule has 0 saturated carbocycles. The molecule has 0 bridgehead atoms. The van der Waals surface area contributed by atoms with Gasteiger partial charge in [-0.25, -0.2) is 4.98 Å². The van der Waals surface area contributed by atoms with Gasteiger partial charge >= 0.3 is 0 Å². The molecule has 1 saturated heterocycles. The molecule has 4 nitrogen and oxygen atoms in total. The number of nitrogens with zero attached hydrogens (tertiary/aromatic N) is 1. The first kappa shape index (κ1) is 12.6. The molecule has 1 fully saturated rings. The molecule has 0 atom stereocenters. The Balaban J connectivity index is 1.69. The molecule has 3 rings (SSSR count). The van der Waals surface area contributed by atoms with Crippen LogP contribution in [0.1, 0.15) is 23.8 Å². The van der Waals surface area contributed by atoms with E-state index in [9.17, 15) is 4.79 Å². The van der Waals surface area contributed by atoms with Crippen LogP contribution in [-0.2, 0) is 4.79 Å². The summed E-state index contributed by atoms with van der Waals surface area (Å²) in [7, 11) is 0. The van der Waals surface area contributed by atoms with E-state index in [1.807, 2.05) is 6.07 Å². The number of hydrogen-bond acceptors (Lipinski definition) is 3. The van der Waals surface area contributed by atoms with Gasteiger partial charge in [0, 0.05) is 18.8 Å². The summed E-state index contributed by atoms with van der Waals surface area (Å²) in [5.74, 6) is 0.350. The lowest BCUT2D eigenvalue weighted by molar-refractivity contribution is -0.897. The highest BCUT2D eigenvalue weighted by Crippen LogP contribution is 2.31. The van der Waals surface area contributed by atoms with Gasteiger partial charge in [0.1, 0.15) is 0 Å². The van der Waals surface area contributed by atoms with Crippen molar-refractivity contribution in [3.63, 3.8) is 0 Å². The SMILES string of the molecule is NC(=O)C[NH+]1CCC(c2nc3ccccc3s2)CC1. The molecule has 5 heteroatoms. The number of primary amides is 1. The Labute approximate surface area is 116 Å². The third-order valence-electron chi connectivity index (χ3n) is 3.78. The summed E-state index contributed by atoms with van der Waals surface area (Å²) < 4.78 is 1.27. The Morgan fingerprint density at radius 2 is 2.11 bits per heavy atom. The van der Waals surface area contributed by atoms with Crippen LogP contribution in [0.3, 0.4) is 0 Å². The topological polar surface area (TPSA) is 60.4 Å². The fraction of sp³-hybridized carbons (Fsp3) is 0.429. The van der Waals surface area contributed by atoms with Crippen LogP contribution >= 0.6 is 11.3 Å². The van der Waals surface area contributed by atoms with Gasteiger partial charge in [-0.2, -0.15) is 0 Å². The molecule has 0 radical (unpaired) electrons. The van der Waals surface area contributed by atoms with Crippen molar-refractivity contribution in [2.24, 2.45) is 5.73 Å². The Morgan fingerprint density at radius 3 is 2.79 bits per heavy atom. The number of hydrogen-bond donors (Lipinski definition) is 2. The van der Waals surface area contributed by atoms with Gasteiger partial charge < -0.3 is 10.6 Å². The lowest BCUT2D eigenvalue weighted by atomic mass is 9.97. The van der Waals surface area contributed by atoms with E-state index in [-0.39, 0.29) is 5.91 Å². The van der Waals surface area contributed by atoms with Crippen LogP contribution in [-0.4, -0.2) is 30.5 Å². The molecule has 0 unspecified atom stereocenters. The second-order valence-corrected chi connectivity index (χ2v) is 6.25. The second kappa shape index (κ2) is 5.27. The molecule has 1 amide bonds. The van der Waals surface area contributed by atoms with Crippen molar-refractivity contribution in [3.8, 4) is 0 Å². The Bertz CT molecular complexity index is 554. The maximum atomic E-state index is 10.9. The van der Waals surface area contributed by atoms with E-state index in [4.69, 9.17) is 10.7 Å². The van der Waals surface area contributed by atoms with Gasteiger partial charge in [0.05, 0.1) is 28.3 Å². The minimum Gasteiger partial charge on any atom is -0.365 e.